The van der Waals surface area contributed by atoms with Crippen LogP contribution in [-0.4, -0.2) is 25.2 Å². The van der Waals surface area contributed by atoms with Crippen molar-refractivity contribution in [2.75, 3.05) is 12.3 Å². The Morgan fingerprint density at radius 2 is 2.12 bits per heavy atom. The number of nitrogen functional groups attached to an aromatic ring is 1. The molecule has 1 aromatic rings. The van der Waals surface area contributed by atoms with Crippen LogP contribution in [-0.2, 0) is 10.0 Å². The van der Waals surface area contributed by atoms with Crippen molar-refractivity contribution in [3.63, 3.8) is 0 Å². The van der Waals surface area contributed by atoms with E-state index in [4.69, 9.17) is 5.73 Å². The first-order chi connectivity index (χ1) is 7.64. The van der Waals surface area contributed by atoms with Crippen LogP contribution in [0.25, 0.3) is 0 Å². The Bertz CT molecular complexity index is 473. The van der Waals surface area contributed by atoms with Crippen LogP contribution in [0, 0.1) is 11.3 Å². The summed E-state index contributed by atoms with van der Waals surface area (Å²) in [6, 6.07) is 0. The highest BCUT2D eigenvalue weighted by atomic mass is 32.2. The second-order valence-electron chi connectivity index (χ2n) is 5.27. The highest BCUT2D eigenvalue weighted by Gasteiger charge is 2.24. The average Bonchev–Trinajstić information content (AvgIpc) is 2.60. The Labute approximate surface area is 102 Å². The fourth-order valence-corrected chi connectivity index (χ4v) is 2.27. The monoisotopic (exact) mass is 260 g/mol. The van der Waals surface area contributed by atoms with Crippen molar-refractivity contribution in [3.05, 3.63) is 6.20 Å². The molecule has 0 amide bonds. The molecule has 98 valence electrons. The van der Waals surface area contributed by atoms with E-state index in [1.807, 2.05) is 6.92 Å². The number of anilines is 1. The van der Waals surface area contributed by atoms with Gasteiger partial charge in [-0.05, 0) is 11.3 Å². The Morgan fingerprint density at radius 1 is 1.53 bits per heavy atom. The SMILES string of the molecule is CC(CNS(=O)(=O)c1cn[nH]c1N)C(C)(C)C. The molecule has 1 aromatic heterocycles. The molecule has 1 unspecified atom stereocenters. The molecule has 1 rings (SSSR count). The third-order valence-corrected chi connectivity index (χ3v) is 4.43. The molecule has 4 N–H and O–H groups in total. The van der Waals surface area contributed by atoms with E-state index in [2.05, 4.69) is 35.7 Å². The van der Waals surface area contributed by atoms with Crippen LogP contribution in [0.4, 0.5) is 5.82 Å². The van der Waals surface area contributed by atoms with E-state index < -0.39 is 10.0 Å². The topological polar surface area (TPSA) is 101 Å². The zero-order valence-corrected chi connectivity index (χ0v) is 11.4. The molecule has 0 saturated heterocycles. The summed E-state index contributed by atoms with van der Waals surface area (Å²) in [4.78, 5) is -0.00129. The maximum absolute atomic E-state index is 11.9. The number of rotatable bonds is 4. The number of aromatic amines is 1. The second kappa shape index (κ2) is 4.66. The minimum absolute atomic E-state index is 0.00129. The molecule has 0 bridgehead atoms. The Morgan fingerprint density at radius 3 is 2.53 bits per heavy atom. The molecule has 0 radical (unpaired) electrons. The first-order valence-electron chi connectivity index (χ1n) is 5.43. The molecule has 0 aliphatic rings. The fraction of sp³-hybridized carbons (Fsp3) is 0.700. The Hall–Kier alpha value is -1.08. The van der Waals surface area contributed by atoms with Gasteiger partial charge < -0.3 is 5.73 Å². The fourth-order valence-electron chi connectivity index (χ4n) is 1.12. The molecule has 0 aliphatic carbocycles. The van der Waals surface area contributed by atoms with Crippen molar-refractivity contribution in [1.82, 2.24) is 14.9 Å². The largest absolute Gasteiger partial charge is 0.383 e. The zero-order chi connectivity index (χ0) is 13.3. The van der Waals surface area contributed by atoms with E-state index >= 15 is 0 Å². The van der Waals surface area contributed by atoms with Crippen LogP contribution in [0.3, 0.4) is 0 Å². The van der Waals surface area contributed by atoms with Gasteiger partial charge in [-0.15, -0.1) is 0 Å². The van der Waals surface area contributed by atoms with Gasteiger partial charge in [0, 0.05) is 6.54 Å². The van der Waals surface area contributed by atoms with E-state index in [0.29, 0.717) is 6.54 Å². The summed E-state index contributed by atoms with van der Waals surface area (Å²) in [6.07, 6.45) is 1.21. The van der Waals surface area contributed by atoms with Crippen molar-refractivity contribution in [2.45, 2.75) is 32.6 Å². The van der Waals surface area contributed by atoms with Crippen LogP contribution < -0.4 is 10.5 Å². The van der Waals surface area contributed by atoms with Crippen molar-refractivity contribution < 1.29 is 8.42 Å². The average molecular weight is 260 g/mol. The Kier molecular flexibility index (Phi) is 3.83. The third-order valence-electron chi connectivity index (χ3n) is 2.98. The van der Waals surface area contributed by atoms with Gasteiger partial charge in [-0.25, -0.2) is 13.1 Å². The molecule has 1 heterocycles. The Balaban J connectivity index is 2.74. The summed E-state index contributed by atoms with van der Waals surface area (Å²) < 4.78 is 26.3. The van der Waals surface area contributed by atoms with E-state index in [9.17, 15) is 8.42 Å². The molecular formula is C10H20N4O2S. The van der Waals surface area contributed by atoms with Crippen molar-refractivity contribution in [2.24, 2.45) is 11.3 Å². The zero-order valence-electron chi connectivity index (χ0n) is 10.6. The van der Waals surface area contributed by atoms with Gasteiger partial charge in [0.25, 0.3) is 0 Å². The number of aromatic nitrogens is 2. The third kappa shape index (κ3) is 3.44. The van der Waals surface area contributed by atoms with Gasteiger partial charge in [-0.2, -0.15) is 5.10 Å². The summed E-state index contributed by atoms with van der Waals surface area (Å²) in [5, 5.41) is 6.00. The van der Waals surface area contributed by atoms with Gasteiger partial charge >= 0.3 is 0 Å². The highest BCUT2D eigenvalue weighted by Crippen LogP contribution is 2.25. The minimum atomic E-state index is -3.57. The maximum atomic E-state index is 11.9. The molecule has 7 heteroatoms. The number of nitrogens with two attached hydrogens (primary N) is 1. The van der Waals surface area contributed by atoms with Gasteiger partial charge in [0.2, 0.25) is 10.0 Å². The summed E-state index contributed by atoms with van der Waals surface area (Å²) in [5.74, 6) is 0.270. The lowest BCUT2D eigenvalue weighted by molar-refractivity contribution is 0.263. The van der Waals surface area contributed by atoms with Crippen LogP contribution in [0.1, 0.15) is 27.7 Å². The van der Waals surface area contributed by atoms with Crippen LogP contribution in [0.15, 0.2) is 11.1 Å². The normalized spacial score (nSPS) is 14.8. The van der Waals surface area contributed by atoms with E-state index in [1.54, 1.807) is 0 Å². The lowest BCUT2D eigenvalue weighted by atomic mass is 9.82. The molecule has 0 aliphatic heterocycles. The number of H-pyrrole nitrogens is 1. The summed E-state index contributed by atoms with van der Waals surface area (Å²) in [6.45, 7) is 8.58. The standard InChI is InChI=1S/C10H20N4O2S/c1-7(10(2,3)4)5-13-17(15,16)8-6-12-14-9(8)11/h6-7,13H,5H2,1-4H3,(H3,11,12,14). The summed E-state index contributed by atoms with van der Waals surface area (Å²) >= 11 is 0. The molecule has 0 spiro atoms. The van der Waals surface area contributed by atoms with E-state index in [0.717, 1.165) is 0 Å². The molecule has 0 fully saturated rings. The quantitative estimate of drug-likeness (QED) is 0.750. The lowest BCUT2D eigenvalue weighted by Gasteiger charge is -2.27. The molecular weight excluding hydrogens is 240 g/mol. The number of sulfonamides is 1. The van der Waals surface area contributed by atoms with E-state index in [1.165, 1.54) is 6.20 Å². The molecule has 17 heavy (non-hydrogen) atoms. The number of nitrogens with zero attached hydrogens (tertiary/aromatic N) is 1. The van der Waals surface area contributed by atoms with Gasteiger partial charge in [0.15, 0.2) is 0 Å². The van der Waals surface area contributed by atoms with Crippen molar-refractivity contribution in [3.8, 4) is 0 Å². The first-order valence-corrected chi connectivity index (χ1v) is 6.91. The number of hydrogen-bond acceptors (Lipinski definition) is 4. The maximum Gasteiger partial charge on any atom is 0.245 e. The van der Waals surface area contributed by atoms with Crippen LogP contribution in [0.5, 0.6) is 0 Å². The van der Waals surface area contributed by atoms with Crippen LogP contribution >= 0.6 is 0 Å². The number of hydrogen-bond donors (Lipinski definition) is 3. The second-order valence-corrected chi connectivity index (χ2v) is 7.00. The highest BCUT2D eigenvalue weighted by molar-refractivity contribution is 7.89. The molecule has 6 nitrogen and oxygen atoms in total. The number of nitrogens with one attached hydrogen (secondary N) is 2. The predicted octanol–water partition coefficient (Wildman–Crippen LogP) is 0.952. The summed E-state index contributed by atoms with van der Waals surface area (Å²) in [7, 11) is -3.57. The smallest absolute Gasteiger partial charge is 0.245 e. The summed E-state index contributed by atoms with van der Waals surface area (Å²) in [5.41, 5.74) is 5.53. The van der Waals surface area contributed by atoms with Crippen molar-refractivity contribution in [1.29, 1.82) is 0 Å². The van der Waals surface area contributed by atoms with Gasteiger partial charge in [-0.3, -0.25) is 5.10 Å². The predicted molar refractivity (Wildman–Crippen MR) is 66.8 cm³/mol. The molecule has 1 atom stereocenters. The van der Waals surface area contributed by atoms with Crippen LogP contribution in [0.2, 0.25) is 0 Å². The lowest BCUT2D eigenvalue weighted by Crippen LogP contribution is -2.33. The van der Waals surface area contributed by atoms with Gasteiger partial charge in [0.1, 0.15) is 10.7 Å². The molecule has 0 aromatic carbocycles. The van der Waals surface area contributed by atoms with Crippen molar-refractivity contribution >= 4 is 15.8 Å². The molecule has 0 saturated carbocycles. The minimum Gasteiger partial charge on any atom is -0.383 e. The first kappa shape index (κ1) is 14.0. The van der Waals surface area contributed by atoms with E-state index in [-0.39, 0.29) is 22.0 Å². The van der Waals surface area contributed by atoms with Gasteiger partial charge in [0.05, 0.1) is 6.20 Å². The van der Waals surface area contributed by atoms with Gasteiger partial charge in [-0.1, -0.05) is 27.7 Å².